The van der Waals surface area contributed by atoms with Crippen LogP contribution in [0.1, 0.15) is 39.5 Å². The number of rotatable bonds is 3. The number of halogens is 1. The van der Waals surface area contributed by atoms with E-state index in [1.54, 1.807) is 0 Å². The van der Waals surface area contributed by atoms with Crippen molar-refractivity contribution in [1.29, 1.82) is 0 Å². The van der Waals surface area contributed by atoms with Crippen molar-refractivity contribution in [2.45, 2.75) is 45.6 Å². The second-order valence-corrected chi connectivity index (χ2v) is 5.69. The standard InChI is InChI=1S/C9H18O.C6H5Cl/c1-7(2)3-4-8-5-9(10)6-8;7-6-4-2-1-3-5-6/h7-10H,3-6H2,1-2H3;1-5H. The fraction of sp³-hybridized carbons (Fsp3) is 0.600. The van der Waals surface area contributed by atoms with E-state index < -0.39 is 0 Å². The van der Waals surface area contributed by atoms with Crippen LogP contribution in [0.4, 0.5) is 0 Å². The van der Waals surface area contributed by atoms with E-state index in [4.69, 9.17) is 16.7 Å². The van der Waals surface area contributed by atoms with Crippen LogP contribution >= 0.6 is 11.6 Å². The largest absolute Gasteiger partial charge is 0.393 e. The predicted octanol–water partition coefficient (Wildman–Crippen LogP) is 4.53. The molecule has 17 heavy (non-hydrogen) atoms. The summed E-state index contributed by atoms with van der Waals surface area (Å²) in [6.45, 7) is 4.52. The lowest BCUT2D eigenvalue weighted by molar-refractivity contribution is 0.0368. The number of hydrogen-bond acceptors (Lipinski definition) is 1. The maximum Gasteiger partial charge on any atom is 0.0545 e. The summed E-state index contributed by atoms with van der Waals surface area (Å²) in [5.41, 5.74) is 0. The molecule has 0 bridgehead atoms. The quantitative estimate of drug-likeness (QED) is 0.840. The van der Waals surface area contributed by atoms with E-state index in [1.165, 1.54) is 12.8 Å². The Morgan fingerprint density at radius 1 is 1.24 bits per heavy atom. The van der Waals surface area contributed by atoms with Gasteiger partial charge in [0, 0.05) is 5.02 Å². The van der Waals surface area contributed by atoms with Gasteiger partial charge in [0.15, 0.2) is 0 Å². The highest BCUT2D eigenvalue weighted by Crippen LogP contribution is 2.31. The Hall–Kier alpha value is -0.530. The molecule has 0 saturated heterocycles. The van der Waals surface area contributed by atoms with E-state index in [9.17, 15) is 0 Å². The van der Waals surface area contributed by atoms with Crippen molar-refractivity contribution >= 4 is 11.6 Å². The van der Waals surface area contributed by atoms with Crippen molar-refractivity contribution in [2.24, 2.45) is 11.8 Å². The van der Waals surface area contributed by atoms with Gasteiger partial charge in [-0.3, -0.25) is 0 Å². The number of aliphatic hydroxyl groups excluding tert-OH is 1. The zero-order valence-electron chi connectivity index (χ0n) is 10.8. The van der Waals surface area contributed by atoms with Crippen LogP contribution in [0.15, 0.2) is 30.3 Å². The molecule has 0 radical (unpaired) electrons. The van der Waals surface area contributed by atoms with Crippen LogP contribution in [0.5, 0.6) is 0 Å². The van der Waals surface area contributed by atoms with Crippen molar-refractivity contribution in [3.05, 3.63) is 35.4 Å². The highest BCUT2D eigenvalue weighted by molar-refractivity contribution is 6.30. The van der Waals surface area contributed by atoms with Gasteiger partial charge in [-0.1, -0.05) is 56.5 Å². The average molecular weight is 255 g/mol. The Morgan fingerprint density at radius 2 is 1.82 bits per heavy atom. The number of aliphatic hydroxyl groups is 1. The fourth-order valence-corrected chi connectivity index (χ4v) is 2.07. The first-order valence-electron chi connectivity index (χ1n) is 6.46. The maximum atomic E-state index is 8.98. The zero-order chi connectivity index (χ0) is 12.7. The summed E-state index contributed by atoms with van der Waals surface area (Å²) in [5, 5.41) is 9.78. The molecule has 0 unspecified atom stereocenters. The Bertz CT molecular complexity index is 291. The van der Waals surface area contributed by atoms with Crippen LogP contribution in [-0.2, 0) is 0 Å². The molecular formula is C15H23ClO. The summed E-state index contributed by atoms with van der Waals surface area (Å²) in [7, 11) is 0. The summed E-state index contributed by atoms with van der Waals surface area (Å²) in [6, 6.07) is 9.44. The molecule has 0 spiro atoms. The highest BCUT2D eigenvalue weighted by atomic mass is 35.5. The van der Waals surface area contributed by atoms with Gasteiger partial charge in [-0.15, -0.1) is 0 Å². The van der Waals surface area contributed by atoms with Gasteiger partial charge in [0.2, 0.25) is 0 Å². The third kappa shape index (κ3) is 6.70. The molecule has 1 aromatic rings. The predicted molar refractivity (Wildman–Crippen MR) is 74.3 cm³/mol. The molecule has 1 N–H and O–H groups in total. The second-order valence-electron chi connectivity index (χ2n) is 5.26. The summed E-state index contributed by atoms with van der Waals surface area (Å²) in [5.74, 6) is 1.68. The first-order valence-corrected chi connectivity index (χ1v) is 6.84. The van der Waals surface area contributed by atoms with Crippen LogP contribution in [0, 0.1) is 11.8 Å². The molecule has 0 aliphatic heterocycles. The SMILES string of the molecule is CC(C)CCC1CC(O)C1.Clc1ccccc1. The van der Waals surface area contributed by atoms with E-state index in [0.717, 1.165) is 29.7 Å². The number of benzene rings is 1. The van der Waals surface area contributed by atoms with Gasteiger partial charge >= 0.3 is 0 Å². The van der Waals surface area contributed by atoms with Crippen LogP contribution in [0.3, 0.4) is 0 Å². The van der Waals surface area contributed by atoms with Gasteiger partial charge in [-0.25, -0.2) is 0 Å². The van der Waals surface area contributed by atoms with E-state index in [-0.39, 0.29) is 6.10 Å². The fourth-order valence-electron chi connectivity index (χ4n) is 1.92. The topological polar surface area (TPSA) is 20.2 Å². The normalized spacial score (nSPS) is 22.6. The molecule has 0 amide bonds. The molecule has 1 saturated carbocycles. The first kappa shape index (κ1) is 14.5. The molecular weight excluding hydrogens is 232 g/mol. The molecule has 0 heterocycles. The van der Waals surface area contributed by atoms with E-state index >= 15 is 0 Å². The van der Waals surface area contributed by atoms with Crippen molar-refractivity contribution in [1.82, 2.24) is 0 Å². The minimum Gasteiger partial charge on any atom is -0.393 e. The lowest BCUT2D eigenvalue weighted by Gasteiger charge is -2.31. The van der Waals surface area contributed by atoms with Crippen LogP contribution in [0.25, 0.3) is 0 Å². The van der Waals surface area contributed by atoms with Crippen LogP contribution in [-0.4, -0.2) is 11.2 Å². The van der Waals surface area contributed by atoms with E-state index in [0.29, 0.717) is 0 Å². The highest BCUT2D eigenvalue weighted by Gasteiger charge is 2.26. The monoisotopic (exact) mass is 254 g/mol. The lowest BCUT2D eigenvalue weighted by Crippen LogP contribution is -2.28. The van der Waals surface area contributed by atoms with Crippen molar-refractivity contribution in [3.8, 4) is 0 Å². The summed E-state index contributed by atoms with van der Waals surface area (Å²) in [6.07, 6.45) is 4.82. The maximum absolute atomic E-state index is 8.98. The molecule has 2 rings (SSSR count). The molecule has 1 aliphatic carbocycles. The Kier molecular flexibility index (Phi) is 6.61. The minimum absolute atomic E-state index is 0.0390. The molecule has 1 fully saturated rings. The van der Waals surface area contributed by atoms with Gasteiger partial charge < -0.3 is 5.11 Å². The average Bonchev–Trinajstić information content (AvgIpc) is 2.24. The van der Waals surface area contributed by atoms with E-state index in [2.05, 4.69) is 13.8 Å². The third-order valence-electron chi connectivity index (χ3n) is 3.10. The minimum atomic E-state index is 0.0390. The first-order chi connectivity index (χ1) is 8.08. The Balaban J connectivity index is 0.000000181. The van der Waals surface area contributed by atoms with Gasteiger partial charge in [0.25, 0.3) is 0 Å². The third-order valence-corrected chi connectivity index (χ3v) is 3.35. The van der Waals surface area contributed by atoms with Crippen molar-refractivity contribution in [3.63, 3.8) is 0 Å². The van der Waals surface area contributed by atoms with Gasteiger partial charge in [-0.2, -0.15) is 0 Å². The summed E-state index contributed by atoms with van der Waals surface area (Å²) >= 11 is 5.54. The summed E-state index contributed by atoms with van der Waals surface area (Å²) < 4.78 is 0. The molecule has 2 heteroatoms. The zero-order valence-corrected chi connectivity index (χ0v) is 11.5. The Morgan fingerprint density at radius 3 is 2.18 bits per heavy atom. The molecule has 1 aliphatic rings. The van der Waals surface area contributed by atoms with Gasteiger partial charge in [0.05, 0.1) is 6.10 Å². The van der Waals surface area contributed by atoms with Crippen LogP contribution in [0.2, 0.25) is 5.02 Å². The molecule has 0 atom stereocenters. The van der Waals surface area contributed by atoms with E-state index in [1.807, 2.05) is 30.3 Å². The molecule has 1 nitrogen and oxygen atoms in total. The molecule has 1 aromatic carbocycles. The number of hydrogen-bond donors (Lipinski definition) is 1. The van der Waals surface area contributed by atoms with Gasteiger partial charge in [0.1, 0.15) is 0 Å². The lowest BCUT2D eigenvalue weighted by atomic mass is 9.78. The van der Waals surface area contributed by atoms with Crippen LogP contribution < -0.4 is 0 Å². The second kappa shape index (κ2) is 7.73. The van der Waals surface area contributed by atoms with Gasteiger partial charge in [-0.05, 0) is 36.8 Å². The molecule has 96 valence electrons. The van der Waals surface area contributed by atoms with Crippen molar-refractivity contribution < 1.29 is 5.11 Å². The smallest absolute Gasteiger partial charge is 0.0545 e. The molecule has 0 aromatic heterocycles. The van der Waals surface area contributed by atoms with Crippen molar-refractivity contribution in [2.75, 3.05) is 0 Å². The Labute approximate surface area is 110 Å². The summed E-state index contributed by atoms with van der Waals surface area (Å²) in [4.78, 5) is 0.